The third-order valence-electron chi connectivity index (χ3n) is 3.01. The van der Waals surface area contributed by atoms with Gasteiger partial charge in [-0.1, -0.05) is 37.2 Å². The predicted octanol–water partition coefficient (Wildman–Crippen LogP) is 3.57. The monoisotopic (exact) mass is 303 g/mol. The smallest absolute Gasteiger partial charge is 0.190 e. The van der Waals surface area contributed by atoms with Gasteiger partial charge in [-0.2, -0.15) is 11.8 Å². The number of aromatic nitrogens is 2. The Bertz CT molecular complexity index is 426. The number of hydrogen-bond donors (Lipinski definition) is 0. The summed E-state index contributed by atoms with van der Waals surface area (Å²) < 4.78 is 0.355. The molecule has 0 aliphatic carbocycles. The summed E-state index contributed by atoms with van der Waals surface area (Å²) in [6.45, 7) is 6.67. The highest BCUT2D eigenvalue weighted by molar-refractivity contribution is 8.00. The van der Waals surface area contributed by atoms with Crippen LogP contribution in [0.2, 0.25) is 5.15 Å². The molecular formula is C12H18ClN3S2. The zero-order valence-electron chi connectivity index (χ0n) is 10.9. The van der Waals surface area contributed by atoms with Gasteiger partial charge in [0.2, 0.25) is 0 Å². The van der Waals surface area contributed by atoms with E-state index in [0.717, 1.165) is 36.2 Å². The van der Waals surface area contributed by atoms with E-state index in [1.165, 1.54) is 11.8 Å². The highest BCUT2D eigenvalue weighted by Gasteiger charge is 2.24. The summed E-state index contributed by atoms with van der Waals surface area (Å²) in [5.74, 6) is 2.08. The quantitative estimate of drug-likeness (QED) is 0.473. The Morgan fingerprint density at radius 2 is 2.17 bits per heavy atom. The summed E-state index contributed by atoms with van der Waals surface area (Å²) in [5.41, 5.74) is 0. The van der Waals surface area contributed by atoms with Gasteiger partial charge in [-0.15, -0.1) is 0 Å². The molecule has 3 nitrogen and oxygen atoms in total. The van der Waals surface area contributed by atoms with Crippen LogP contribution in [0.15, 0.2) is 11.2 Å². The largest absolute Gasteiger partial charge is 0.356 e. The first-order chi connectivity index (χ1) is 8.50. The van der Waals surface area contributed by atoms with Crippen molar-refractivity contribution in [1.29, 1.82) is 0 Å². The van der Waals surface area contributed by atoms with Crippen LogP contribution in [0, 0.1) is 0 Å². The van der Waals surface area contributed by atoms with Crippen molar-refractivity contribution < 1.29 is 0 Å². The van der Waals surface area contributed by atoms with E-state index in [2.05, 4.69) is 28.7 Å². The van der Waals surface area contributed by atoms with Crippen molar-refractivity contribution in [2.24, 2.45) is 0 Å². The van der Waals surface area contributed by atoms with Crippen molar-refractivity contribution in [2.45, 2.75) is 30.2 Å². The SMILES string of the molecule is CSc1nc(Cl)cc(N2CCSC(C)(C)CC2)n1. The lowest BCUT2D eigenvalue weighted by molar-refractivity contribution is 0.633. The Hall–Kier alpha value is -0.130. The molecule has 0 radical (unpaired) electrons. The average molecular weight is 304 g/mol. The van der Waals surface area contributed by atoms with E-state index >= 15 is 0 Å². The van der Waals surface area contributed by atoms with Crippen LogP contribution < -0.4 is 4.90 Å². The summed E-state index contributed by atoms with van der Waals surface area (Å²) in [4.78, 5) is 11.0. The van der Waals surface area contributed by atoms with E-state index in [0.29, 0.717) is 9.90 Å². The molecule has 0 aromatic carbocycles. The minimum atomic E-state index is 0.355. The van der Waals surface area contributed by atoms with Gasteiger partial charge in [0.05, 0.1) is 0 Å². The number of thioether (sulfide) groups is 2. The molecule has 1 aliphatic rings. The van der Waals surface area contributed by atoms with E-state index in [-0.39, 0.29) is 0 Å². The number of nitrogens with zero attached hydrogens (tertiary/aromatic N) is 3. The van der Waals surface area contributed by atoms with Gasteiger partial charge in [0.25, 0.3) is 0 Å². The first-order valence-electron chi connectivity index (χ1n) is 5.98. The summed E-state index contributed by atoms with van der Waals surface area (Å²) >= 11 is 9.61. The molecule has 1 saturated heterocycles. The lowest BCUT2D eigenvalue weighted by Gasteiger charge is -2.23. The van der Waals surface area contributed by atoms with Gasteiger partial charge in [0.15, 0.2) is 5.16 Å². The third-order valence-corrected chi connectivity index (χ3v) is 5.12. The summed E-state index contributed by atoms with van der Waals surface area (Å²) in [6.07, 6.45) is 3.13. The molecule has 1 aromatic rings. The first kappa shape index (κ1) is 14.3. The number of rotatable bonds is 2. The van der Waals surface area contributed by atoms with Gasteiger partial charge >= 0.3 is 0 Å². The molecule has 2 rings (SSSR count). The maximum absolute atomic E-state index is 6.05. The normalized spacial score (nSPS) is 19.7. The topological polar surface area (TPSA) is 29.0 Å². The predicted molar refractivity (Wildman–Crippen MR) is 82.2 cm³/mol. The molecule has 18 heavy (non-hydrogen) atoms. The van der Waals surface area contributed by atoms with Crippen molar-refractivity contribution in [3.63, 3.8) is 0 Å². The first-order valence-corrected chi connectivity index (χ1v) is 8.56. The van der Waals surface area contributed by atoms with Crippen LogP contribution in [0.5, 0.6) is 0 Å². The van der Waals surface area contributed by atoms with Crippen molar-refractivity contribution in [2.75, 3.05) is 30.0 Å². The summed E-state index contributed by atoms with van der Waals surface area (Å²) in [5, 5.41) is 1.27. The Labute approximate surface area is 122 Å². The van der Waals surface area contributed by atoms with E-state index < -0.39 is 0 Å². The number of hydrogen-bond acceptors (Lipinski definition) is 5. The highest BCUT2D eigenvalue weighted by Crippen LogP contribution is 2.32. The van der Waals surface area contributed by atoms with Gasteiger partial charge in [0, 0.05) is 29.7 Å². The van der Waals surface area contributed by atoms with Crippen molar-refractivity contribution >= 4 is 40.9 Å². The second-order valence-corrected chi connectivity index (χ2v) is 7.84. The molecule has 0 atom stereocenters. The van der Waals surface area contributed by atoms with E-state index in [1.807, 2.05) is 24.1 Å². The van der Waals surface area contributed by atoms with Crippen molar-refractivity contribution in [1.82, 2.24) is 9.97 Å². The summed E-state index contributed by atoms with van der Waals surface area (Å²) in [6, 6.07) is 1.87. The van der Waals surface area contributed by atoms with Crippen LogP contribution in [0.25, 0.3) is 0 Å². The Morgan fingerprint density at radius 3 is 2.89 bits per heavy atom. The second kappa shape index (κ2) is 5.88. The Balaban J connectivity index is 2.18. The molecule has 1 fully saturated rings. The maximum Gasteiger partial charge on any atom is 0.190 e. The van der Waals surface area contributed by atoms with Crippen LogP contribution in [0.1, 0.15) is 20.3 Å². The van der Waals surface area contributed by atoms with Crippen LogP contribution in [-0.4, -0.2) is 39.8 Å². The number of halogens is 1. The molecule has 0 N–H and O–H groups in total. The average Bonchev–Trinajstić information content (AvgIpc) is 2.49. The molecule has 0 saturated carbocycles. The highest BCUT2D eigenvalue weighted by atomic mass is 35.5. The van der Waals surface area contributed by atoms with Crippen LogP contribution in [-0.2, 0) is 0 Å². The van der Waals surface area contributed by atoms with Crippen molar-refractivity contribution in [3.8, 4) is 0 Å². The molecule has 0 unspecified atom stereocenters. The molecule has 100 valence electrons. The minimum Gasteiger partial charge on any atom is -0.356 e. The molecule has 2 heterocycles. The molecule has 0 bridgehead atoms. The van der Waals surface area contributed by atoms with Gasteiger partial charge in [-0.3, -0.25) is 0 Å². The Kier molecular flexibility index (Phi) is 4.67. The summed E-state index contributed by atoms with van der Waals surface area (Å²) in [7, 11) is 0. The van der Waals surface area contributed by atoms with Gasteiger partial charge in [-0.25, -0.2) is 9.97 Å². The number of anilines is 1. The van der Waals surface area contributed by atoms with Crippen LogP contribution in [0.4, 0.5) is 5.82 Å². The molecule has 0 amide bonds. The van der Waals surface area contributed by atoms with Crippen LogP contribution in [0.3, 0.4) is 0 Å². The van der Waals surface area contributed by atoms with E-state index in [4.69, 9.17) is 11.6 Å². The zero-order valence-corrected chi connectivity index (χ0v) is 13.3. The molecule has 0 spiro atoms. The molecule has 6 heteroatoms. The fraction of sp³-hybridized carbons (Fsp3) is 0.667. The molecule has 1 aromatic heterocycles. The standard InChI is InChI=1S/C12H18ClN3S2/c1-12(2)4-5-16(6-7-18-12)10-8-9(13)14-11(15-10)17-3/h8H,4-7H2,1-3H3. The molecular weight excluding hydrogens is 286 g/mol. The van der Waals surface area contributed by atoms with E-state index in [9.17, 15) is 0 Å². The lowest BCUT2D eigenvalue weighted by Crippen LogP contribution is -2.28. The van der Waals surface area contributed by atoms with Crippen molar-refractivity contribution in [3.05, 3.63) is 11.2 Å². The lowest BCUT2D eigenvalue weighted by atomic mass is 10.1. The van der Waals surface area contributed by atoms with Crippen LogP contribution >= 0.6 is 35.1 Å². The van der Waals surface area contributed by atoms with Gasteiger partial charge in [-0.05, 0) is 12.7 Å². The third kappa shape index (κ3) is 3.68. The fourth-order valence-electron chi connectivity index (χ4n) is 1.89. The van der Waals surface area contributed by atoms with Gasteiger partial charge < -0.3 is 4.90 Å². The second-order valence-electron chi connectivity index (χ2n) is 4.88. The minimum absolute atomic E-state index is 0.355. The fourth-order valence-corrected chi connectivity index (χ4v) is 3.59. The maximum atomic E-state index is 6.05. The zero-order chi connectivity index (χ0) is 13.2. The van der Waals surface area contributed by atoms with Gasteiger partial charge in [0.1, 0.15) is 11.0 Å². The van der Waals surface area contributed by atoms with E-state index in [1.54, 1.807) is 0 Å². The molecule has 1 aliphatic heterocycles. The Morgan fingerprint density at radius 1 is 1.39 bits per heavy atom.